The van der Waals surface area contributed by atoms with Gasteiger partial charge in [0.2, 0.25) is 5.91 Å². The maximum atomic E-state index is 12.2. The topological polar surface area (TPSA) is 59.6 Å². The number of amides is 1. The first-order chi connectivity index (χ1) is 11.9. The number of nitrogens with one attached hydrogen (secondary N) is 2. The zero-order valence-corrected chi connectivity index (χ0v) is 15.5. The standard InChI is InChI=1S/C20H26N2O3/c1-13-10-14(2)20(15(3)11-13)21-9-8-19(23)22-17-7-6-16(24-4)12-18(17)25-5/h6-7,10-12,21H,8-9H2,1-5H3,(H,22,23). The van der Waals surface area contributed by atoms with Crippen molar-refractivity contribution in [2.45, 2.75) is 27.2 Å². The lowest BCUT2D eigenvalue weighted by Crippen LogP contribution is -2.17. The highest BCUT2D eigenvalue weighted by atomic mass is 16.5. The van der Waals surface area contributed by atoms with Crippen molar-refractivity contribution >= 4 is 17.3 Å². The van der Waals surface area contributed by atoms with Crippen LogP contribution in [0.1, 0.15) is 23.1 Å². The minimum Gasteiger partial charge on any atom is -0.497 e. The largest absolute Gasteiger partial charge is 0.497 e. The summed E-state index contributed by atoms with van der Waals surface area (Å²) in [5.74, 6) is 1.19. The van der Waals surface area contributed by atoms with E-state index in [4.69, 9.17) is 9.47 Å². The van der Waals surface area contributed by atoms with Gasteiger partial charge in [-0.15, -0.1) is 0 Å². The van der Waals surface area contributed by atoms with Gasteiger partial charge in [0.1, 0.15) is 11.5 Å². The van der Waals surface area contributed by atoms with E-state index in [0.29, 0.717) is 30.2 Å². The van der Waals surface area contributed by atoms with Crippen LogP contribution in [0.3, 0.4) is 0 Å². The Morgan fingerprint density at radius 2 is 1.68 bits per heavy atom. The summed E-state index contributed by atoms with van der Waals surface area (Å²) < 4.78 is 10.5. The summed E-state index contributed by atoms with van der Waals surface area (Å²) in [5, 5.41) is 6.24. The number of ether oxygens (including phenoxy) is 2. The number of anilines is 2. The third-order valence-electron chi connectivity index (χ3n) is 4.01. The fourth-order valence-corrected chi connectivity index (χ4v) is 2.87. The van der Waals surface area contributed by atoms with Crippen LogP contribution in [0.15, 0.2) is 30.3 Å². The number of rotatable bonds is 7. The maximum absolute atomic E-state index is 12.2. The molecule has 0 saturated carbocycles. The van der Waals surface area contributed by atoms with Gasteiger partial charge in [0.05, 0.1) is 19.9 Å². The van der Waals surface area contributed by atoms with Crippen LogP contribution in [0, 0.1) is 20.8 Å². The lowest BCUT2D eigenvalue weighted by atomic mass is 10.1. The van der Waals surface area contributed by atoms with Crippen molar-refractivity contribution in [1.29, 1.82) is 0 Å². The molecule has 2 aromatic carbocycles. The Labute approximate surface area is 149 Å². The predicted molar refractivity (Wildman–Crippen MR) is 102 cm³/mol. The first-order valence-electron chi connectivity index (χ1n) is 8.28. The van der Waals surface area contributed by atoms with Crippen LogP contribution in [0.5, 0.6) is 11.5 Å². The lowest BCUT2D eigenvalue weighted by molar-refractivity contribution is -0.116. The van der Waals surface area contributed by atoms with Gasteiger partial charge in [-0.2, -0.15) is 0 Å². The fraction of sp³-hybridized carbons (Fsp3) is 0.350. The highest BCUT2D eigenvalue weighted by Gasteiger charge is 2.09. The van der Waals surface area contributed by atoms with E-state index in [0.717, 1.165) is 5.69 Å². The van der Waals surface area contributed by atoms with Crippen molar-refractivity contribution in [2.75, 3.05) is 31.4 Å². The average molecular weight is 342 g/mol. The van der Waals surface area contributed by atoms with E-state index in [9.17, 15) is 4.79 Å². The molecular weight excluding hydrogens is 316 g/mol. The van der Waals surface area contributed by atoms with Gasteiger partial charge in [-0.1, -0.05) is 17.7 Å². The molecular formula is C20H26N2O3. The van der Waals surface area contributed by atoms with Crippen molar-refractivity contribution in [2.24, 2.45) is 0 Å². The molecule has 0 atom stereocenters. The second kappa shape index (κ2) is 8.42. The molecule has 0 aliphatic rings. The first kappa shape index (κ1) is 18.6. The molecule has 2 aromatic rings. The van der Waals surface area contributed by atoms with E-state index in [1.165, 1.54) is 16.7 Å². The Morgan fingerprint density at radius 1 is 1.00 bits per heavy atom. The van der Waals surface area contributed by atoms with E-state index in [2.05, 4.69) is 43.5 Å². The van der Waals surface area contributed by atoms with Gasteiger partial charge in [-0.3, -0.25) is 4.79 Å². The van der Waals surface area contributed by atoms with Gasteiger partial charge in [0, 0.05) is 24.7 Å². The molecule has 0 fully saturated rings. The quantitative estimate of drug-likeness (QED) is 0.796. The highest BCUT2D eigenvalue weighted by Crippen LogP contribution is 2.29. The number of benzene rings is 2. The molecule has 1 amide bonds. The summed E-state index contributed by atoms with van der Waals surface area (Å²) in [6, 6.07) is 9.58. The molecule has 0 spiro atoms. The van der Waals surface area contributed by atoms with E-state index in [1.807, 2.05) is 0 Å². The molecule has 5 nitrogen and oxygen atoms in total. The molecule has 0 aliphatic heterocycles. The molecule has 0 saturated heterocycles. The van der Waals surface area contributed by atoms with E-state index >= 15 is 0 Å². The molecule has 0 bridgehead atoms. The van der Waals surface area contributed by atoms with E-state index in [-0.39, 0.29) is 5.91 Å². The Hall–Kier alpha value is -2.69. The fourth-order valence-electron chi connectivity index (χ4n) is 2.87. The first-order valence-corrected chi connectivity index (χ1v) is 8.28. The third-order valence-corrected chi connectivity index (χ3v) is 4.01. The second-order valence-corrected chi connectivity index (χ2v) is 6.06. The SMILES string of the molecule is COc1ccc(NC(=O)CCNc2c(C)cc(C)cc2C)c(OC)c1. The van der Waals surface area contributed by atoms with Gasteiger partial charge in [-0.25, -0.2) is 0 Å². The minimum absolute atomic E-state index is 0.0709. The number of aryl methyl sites for hydroxylation is 3. The second-order valence-electron chi connectivity index (χ2n) is 6.06. The van der Waals surface area contributed by atoms with Crippen LogP contribution in [0.25, 0.3) is 0 Å². The Bertz CT molecular complexity index is 734. The van der Waals surface area contributed by atoms with Crippen LogP contribution >= 0.6 is 0 Å². The average Bonchev–Trinajstić information content (AvgIpc) is 2.57. The van der Waals surface area contributed by atoms with Gasteiger partial charge >= 0.3 is 0 Å². The molecule has 0 aromatic heterocycles. The molecule has 0 unspecified atom stereocenters. The van der Waals surface area contributed by atoms with Crippen LogP contribution in [0.4, 0.5) is 11.4 Å². The number of carbonyl (C=O) groups excluding carboxylic acids is 1. The summed E-state index contributed by atoms with van der Waals surface area (Å²) in [6.45, 7) is 6.80. The Balaban J connectivity index is 1.94. The smallest absolute Gasteiger partial charge is 0.226 e. The monoisotopic (exact) mass is 342 g/mol. The third kappa shape index (κ3) is 4.89. The number of methoxy groups -OCH3 is 2. The summed E-state index contributed by atoms with van der Waals surface area (Å²) in [6.07, 6.45) is 0.363. The highest BCUT2D eigenvalue weighted by molar-refractivity contribution is 5.92. The van der Waals surface area contributed by atoms with Crippen molar-refractivity contribution in [3.63, 3.8) is 0 Å². The number of carbonyl (C=O) groups is 1. The van der Waals surface area contributed by atoms with Crippen molar-refractivity contribution < 1.29 is 14.3 Å². The van der Waals surface area contributed by atoms with Gasteiger partial charge in [0.15, 0.2) is 0 Å². The summed E-state index contributed by atoms with van der Waals surface area (Å²) in [7, 11) is 3.16. The molecule has 0 radical (unpaired) electrons. The molecule has 134 valence electrons. The van der Waals surface area contributed by atoms with Crippen LogP contribution in [0.2, 0.25) is 0 Å². The van der Waals surface area contributed by atoms with Crippen molar-refractivity contribution in [3.05, 3.63) is 47.0 Å². The Kier molecular flexibility index (Phi) is 6.28. The molecule has 0 aliphatic carbocycles. The van der Waals surface area contributed by atoms with Crippen LogP contribution in [-0.4, -0.2) is 26.7 Å². The normalized spacial score (nSPS) is 10.3. The van der Waals surface area contributed by atoms with Gasteiger partial charge < -0.3 is 20.1 Å². The van der Waals surface area contributed by atoms with Crippen LogP contribution in [-0.2, 0) is 4.79 Å². The Morgan fingerprint density at radius 3 is 2.28 bits per heavy atom. The zero-order chi connectivity index (χ0) is 18.4. The van der Waals surface area contributed by atoms with Gasteiger partial charge in [-0.05, 0) is 44.0 Å². The number of hydrogen-bond donors (Lipinski definition) is 2. The summed E-state index contributed by atoms with van der Waals surface area (Å²) >= 11 is 0. The summed E-state index contributed by atoms with van der Waals surface area (Å²) in [5.41, 5.74) is 5.35. The lowest BCUT2D eigenvalue weighted by Gasteiger charge is -2.14. The maximum Gasteiger partial charge on any atom is 0.226 e. The zero-order valence-electron chi connectivity index (χ0n) is 15.5. The minimum atomic E-state index is -0.0709. The van der Waals surface area contributed by atoms with E-state index in [1.54, 1.807) is 32.4 Å². The van der Waals surface area contributed by atoms with E-state index < -0.39 is 0 Å². The molecule has 0 heterocycles. The van der Waals surface area contributed by atoms with Crippen LogP contribution < -0.4 is 20.1 Å². The van der Waals surface area contributed by atoms with Crippen molar-refractivity contribution in [3.8, 4) is 11.5 Å². The predicted octanol–water partition coefficient (Wildman–Crippen LogP) is 4.07. The molecule has 2 N–H and O–H groups in total. The van der Waals surface area contributed by atoms with Crippen molar-refractivity contribution in [1.82, 2.24) is 0 Å². The van der Waals surface area contributed by atoms with Gasteiger partial charge in [0.25, 0.3) is 0 Å². The molecule has 5 heteroatoms. The summed E-state index contributed by atoms with van der Waals surface area (Å²) in [4.78, 5) is 12.2. The number of hydrogen-bond acceptors (Lipinski definition) is 4. The molecule has 25 heavy (non-hydrogen) atoms. The molecule has 2 rings (SSSR count).